The maximum absolute atomic E-state index is 13.1. The lowest BCUT2D eigenvalue weighted by atomic mass is 10.1. The van der Waals surface area contributed by atoms with Gasteiger partial charge in [-0.15, -0.1) is 0 Å². The normalized spacial score (nSPS) is 13.3. The molecule has 1 aromatic carbocycles. The molecular weight excluding hydrogens is 556 g/mol. The van der Waals surface area contributed by atoms with E-state index >= 15 is 0 Å². The minimum Gasteiger partial charge on any atom is -0.370 e. The first-order chi connectivity index (χ1) is 20.5. The first kappa shape index (κ1) is 36.3. The molecule has 0 spiro atoms. The van der Waals surface area contributed by atoms with E-state index in [0.717, 1.165) is 6.42 Å². The van der Waals surface area contributed by atoms with Crippen LogP contribution < -0.4 is 44.2 Å². The minimum atomic E-state index is -1.05. The van der Waals surface area contributed by atoms with Gasteiger partial charge in [0.25, 0.3) is 5.91 Å². The second kappa shape index (κ2) is 20.2. The van der Waals surface area contributed by atoms with Crippen LogP contribution in [0.25, 0.3) is 0 Å². The molecule has 4 atom stereocenters. The van der Waals surface area contributed by atoms with Gasteiger partial charge in [-0.1, -0.05) is 38.0 Å². The first-order valence-corrected chi connectivity index (χ1v) is 14.3. The molecule has 0 aliphatic carbocycles. The maximum atomic E-state index is 13.1. The summed E-state index contributed by atoms with van der Waals surface area (Å²) in [6, 6.07) is 4.70. The minimum absolute atomic E-state index is 0.0771. The van der Waals surface area contributed by atoms with Crippen molar-refractivity contribution >= 4 is 41.8 Å². The van der Waals surface area contributed by atoms with Crippen molar-refractivity contribution in [2.24, 2.45) is 32.9 Å². The van der Waals surface area contributed by atoms with Crippen molar-refractivity contribution in [1.29, 1.82) is 0 Å². The van der Waals surface area contributed by atoms with E-state index in [1.54, 1.807) is 30.3 Å². The molecule has 0 aromatic heterocycles. The van der Waals surface area contributed by atoms with E-state index in [1.807, 2.05) is 6.92 Å². The van der Waals surface area contributed by atoms with Crippen LogP contribution >= 0.6 is 0 Å². The summed E-state index contributed by atoms with van der Waals surface area (Å²) in [7, 11) is 0. The molecule has 1 aromatic rings. The van der Waals surface area contributed by atoms with E-state index in [-0.39, 0.29) is 37.9 Å². The number of aldehydes is 1. The largest absolute Gasteiger partial charge is 0.370 e. The quantitative estimate of drug-likeness (QED) is 0.0383. The number of nitrogens with one attached hydrogen (secondary N) is 4. The van der Waals surface area contributed by atoms with E-state index in [4.69, 9.17) is 22.9 Å². The molecule has 15 heteroatoms. The number of nitrogens with zero attached hydrogens (tertiary/aromatic N) is 2. The number of benzene rings is 1. The molecule has 0 unspecified atom stereocenters. The van der Waals surface area contributed by atoms with Gasteiger partial charge in [-0.3, -0.25) is 29.2 Å². The predicted octanol–water partition coefficient (Wildman–Crippen LogP) is -1.24. The van der Waals surface area contributed by atoms with Gasteiger partial charge in [0.05, 0.1) is 6.04 Å². The number of aliphatic imine (C=N–C) groups is 2. The van der Waals surface area contributed by atoms with Crippen LogP contribution in [-0.4, -0.2) is 79.1 Å². The number of hydrogen-bond acceptors (Lipinski definition) is 7. The lowest BCUT2D eigenvalue weighted by molar-refractivity contribution is -0.133. The van der Waals surface area contributed by atoms with Crippen LogP contribution in [-0.2, 0) is 19.2 Å². The second-order valence-electron chi connectivity index (χ2n) is 9.97. The summed E-state index contributed by atoms with van der Waals surface area (Å²) in [6.07, 6.45) is 3.66. The lowest BCUT2D eigenvalue weighted by Crippen LogP contribution is -2.56. The molecule has 4 amide bonds. The molecule has 0 aliphatic heterocycles. The van der Waals surface area contributed by atoms with E-state index in [1.165, 1.54) is 6.92 Å². The number of unbranched alkanes of at least 4 members (excludes halogenated alkanes) is 1. The summed E-state index contributed by atoms with van der Waals surface area (Å²) in [4.78, 5) is 71.2. The summed E-state index contributed by atoms with van der Waals surface area (Å²) in [5, 5.41) is 10.6. The Morgan fingerprint density at radius 1 is 0.744 bits per heavy atom. The van der Waals surface area contributed by atoms with Crippen molar-refractivity contribution in [3.63, 3.8) is 0 Å². The van der Waals surface area contributed by atoms with E-state index < -0.39 is 47.8 Å². The highest BCUT2D eigenvalue weighted by Gasteiger charge is 2.28. The Morgan fingerprint density at radius 3 is 1.84 bits per heavy atom. The Hall–Kier alpha value is -4.69. The number of hydrogen-bond donors (Lipinski definition) is 8. The Labute approximate surface area is 252 Å². The molecule has 0 saturated heterocycles. The van der Waals surface area contributed by atoms with Gasteiger partial charge in [0, 0.05) is 18.7 Å². The number of guanidine groups is 2. The van der Waals surface area contributed by atoms with Gasteiger partial charge in [-0.2, -0.15) is 0 Å². The molecule has 238 valence electrons. The zero-order valence-corrected chi connectivity index (χ0v) is 24.9. The van der Waals surface area contributed by atoms with Gasteiger partial charge in [0.2, 0.25) is 17.7 Å². The molecule has 12 N–H and O–H groups in total. The Kier molecular flexibility index (Phi) is 17.1. The summed E-state index contributed by atoms with van der Waals surface area (Å²) in [6.45, 7) is 3.92. The SMILES string of the molecule is CCCC[C@H](NC(=O)c1ccccc1)C(=O)N[C@@H](C)C(=O)N[C@@H](CCCN=C(N)N)C(=O)N[C@H](C=O)CCCN=C(N)N. The molecule has 15 nitrogen and oxygen atoms in total. The molecule has 0 bridgehead atoms. The van der Waals surface area contributed by atoms with Gasteiger partial charge in [-0.25, -0.2) is 0 Å². The monoisotopic (exact) mass is 602 g/mol. The Balaban J connectivity index is 2.90. The van der Waals surface area contributed by atoms with Crippen LogP contribution in [0.5, 0.6) is 0 Å². The van der Waals surface area contributed by atoms with Gasteiger partial charge in [0.1, 0.15) is 24.4 Å². The summed E-state index contributed by atoms with van der Waals surface area (Å²) in [5.74, 6) is -2.35. The molecule has 0 fully saturated rings. The summed E-state index contributed by atoms with van der Waals surface area (Å²) < 4.78 is 0. The Bertz CT molecular complexity index is 1100. The van der Waals surface area contributed by atoms with Crippen LogP contribution in [0.1, 0.15) is 69.2 Å². The molecule has 0 saturated carbocycles. The molecule has 0 radical (unpaired) electrons. The van der Waals surface area contributed by atoms with Crippen LogP contribution in [0.4, 0.5) is 0 Å². The third-order valence-corrected chi connectivity index (χ3v) is 6.29. The third-order valence-electron chi connectivity index (χ3n) is 6.29. The van der Waals surface area contributed by atoms with Crippen LogP contribution in [0.15, 0.2) is 40.3 Å². The molecule has 0 heterocycles. The van der Waals surface area contributed by atoms with Gasteiger partial charge in [-0.05, 0) is 51.2 Å². The van der Waals surface area contributed by atoms with Crippen molar-refractivity contribution in [2.75, 3.05) is 13.1 Å². The number of nitrogens with two attached hydrogens (primary N) is 4. The van der Waals surface area contributed by atoms with Gasteiger partial charge in [0.15, 0.2) is 11.9 Å². The highest BCUT2D eigenvalue weighted by Crippen LogP contribution is 2.06. The van der Waals surface area contributed by atoms with Crippen molar-refractivity contribution in [1.82, 2.24) is 21.3 Å². The fraction of sp³-hybridized carbons (Fsp3) is 0.536. The second-order valence-corrected chi connectivity index (χ2v) is 9.97. The fourth-order valence-electron chi connectivity index (χ4n) is 3.93. The van der Waals surface area contributed by atoms with Crippen molar-refractivity contribution in [3.05, 3.63) is 35.9 Å². The van der Waals surface area contributed by atoms with Gasteiger partial charge >= 0.3 is 0 Å². The first-order valence-electron chi connectivity index (χ1n) is 14.3. The van der Waals surface area contributed by atoms with E-state index in [9.17, 15) is 24.0 Å². The average molecular weight is 603 g/mol. The predicted molar refractivity (Wildman–Crippen MR) is 165 cm³/mol. The van der Waals surface area contributed by atoms with Crippen molar-refractivity contribution in [3.8, 4) is 0 Å². The zero-order chi connectivity index (χ0) is 32.2. The highest BCUT2D eigenvalue weighted by atomic mass is 16.2. The maximum Gasteiger partial charge on any atom is 0.251 e. The number of carbonyl (C=O) groups excluding carboxylic acids is 5. The molecule has 0 aliphatic rings. The fourth-order valence-corrected chi connectivity index (χ4v) is 3.93. The molecular formula is C28H46N10O5. The van der Waals surface area contributed by atoms with Crippen LogP contribution in [0.3, 0.4) is 0 Å². The van der Waals surface area contributed by atoms with Gasteiger partial charge < -0.3 is 49.0 Å². The number of amides is 4. The van der Waals surface area contributed by atoms with E-state index in [0.29, 0.717) is 37.5 Å². The van der Waals surface area contributed by atoms with E-state index in [2.05, 4.69) is 31.3 Å². The summed E-state index contributed by atoms with van der Waals surface area (Å²) >= 11 is 0. The molecule has 1 rings (SSSR count). The molecule has 43 heavy (non-hydrogen) atoms. The standard InChI is InChI=1S/C28H46N10O5/c1-3-4-13-21(38-24(41)19-10-6-5-7-11-19)25(42)35-18(2)23(40)37-22(14-9-16-34-28(31)32)26(43)36-20(17-39)12-8-15-33-27(29)30/h5-7,10-11,17-18,20-22H,3-4,8-9,12-16H2,1-2H3,(H,35,42)(H,36,43)(H,37,40)(H,38,41)(H4,29,30,33)(H4,31,32,34)/t18-,20-,21-,22-/m0/s1. The number of carbonyl (C=O) groups is 5. The third kappa shape index (κ3) is 15.2. The zero-order valence-electron chi connectivity index (χ0n) is 24.9. The van der Waals surface area contributed by atoms with Crippen molar-refractivity contribution in [2.45, 2.75) is 83.0 Å². The lowest BCUT2D eigenvalue weighted by Gasteiger charge is -2.24. The van der Waals surface area contributed by atoms with Crippen LogP contribution in [0, 0.1) is 0 Å². The summed E-state index contributed by atoms with van der Waals surface area (Å²) in [5.41, 5.74) is 21.7. The highest BCUT2D eigenvalue weighted by molar-refractivity contribution is 5.98. The average Bonchev–Trinajstić information content (AvgIpc) is 2.97. The Morgan fingerprint density at radius 2 is 1.28 bits per heavy atom. The van der Waals surface area contributed by atoms with Crippen molar-refractivity contribution < 1.29 is 24.0 Å². The topological polar surface area (TPSA) is 262 Å². The number of rotatable bonds is 20. The smallest absolute Gasteiger partial charge is 0.251 e. The van der Waals surface area contributed by atoms with Crippen LogP contribution in [0.2, 0.25) is 0 Å².